The molecule has 0 aliphatic heterocycles. The topological polar surface area (TPSA) is 47.6 Å². The number of hydrogen-bond donors (Lipinski definition) is 1. The number of benzene rings is 1. The Kier molecular flexibility index (Phi) is 9.97. The average molecular weight is 422 g/mol. The van der Waals surface area contributed by atoms with Crippen LogP contribution in [0.3, 0.4) is 0 Å². The van der Waals surface area contributed by atoms with Crippen LogP contribution < -0.4 is 14.8 Å². The summed E-state index contributed by atoms with van der Waals surface area (Å²) < 4.78 is 11.6. The molecule has 166 valence electrons. The van der Waals surface area contributed by atoms with Crippen LogP contribution in [-0.4, -0.2) is 26.2 Å². The fraction of sp³-hybridized carbons (Fsp3) is 0.444. The summed E-state index contributed by atoms with van der Waals surface area (Å²) in [5, 5.41) is 2.99. The maximum absolute atomic E-state index is 11.9. The Labute approximate surface area is 187 Å². The van der Waals surface area contributed by atoms with Crippen molar-refractivity contribution in [3.8, 4) is 23.8 Å². The molecule has 1 aliphatic carbocycles. The van der Waals surface area contributed by atoms with Crippen LogP contribution in [0, 0.1) is 18.3 Å². The molecule has 1 amide bonds. The Morgan fingerprint density at radius 1 is 1.35 bits per heavy atom. The van der Waals surface area contributed by atoms with E-state index in [1.807, 2.05) is 25.1 Å². The lowest BCUT2D eigenvalue weighted by Crippen LogP contribution is -2.27. The molecule has 1 aliphatic rings. The van der Waals surface area contributed by atoms with E-state index in [0.717, 1.165) is 42.4 Å². The SMILES string of the molecule is C#C/C(COc1ccc(CCNC(=O)CC(C)CC)cc1OC)=C1/C=CCC/C1=C/C. The van der Waals surface area contributed by atoms with Gasteiger partial charge in [-0.3, -0.25) is 4.79 Å². The Morgan fingerprint density at radius 2 is 2.16 bits per heavy atom. The number of nitrogens with one attached hydrogen (secondary N) is 1. The van der Waals surface area contributed by atoms with Gasteiger partial charge in [-0.2, -0.15) is 0 Å². The van der Waals surface area contributed by atoms with E-state index in [0.29, 0.717) is 37.0 Å². The van der Waals surface area contributed by atoms with Crippen LogP contribution >= 0.6 is 0 Å². The second-order valence-electron chi connectivity index (χ2n) is 7.88. The van der Waals surface area contributed by atoms with Crippen LogP contribution in [0.15, 0.2) is 53.1 Å². The molecule has 4 nitrogen and oxygen atoms in total. The van der Waals surface area contributed by atoms with E-state index in [2.05, 4.69) is 43.3 Å². The number of allylic oxidation sites excluding steroid dienone is 5. The van der Waals surface area contributed by atoms with Crippen molar-refractivity contribution in [3.63, 3.8) is 0 Å². The molecule has 0 saturated carbocycles. The van der Waals surface area contributed by atoms with Crippen molar-refractivity contribution in [3.05, 3.63) is 58.7 Å². The fourth-order valence-corrected chi connectivity index (χ4v) is 3.49. The molecule has 31 heavy (non-hydrogen) atoms. The third-order valence-electron chi connectivity index (χ3n) is 5.63. The van der Waals surface area contributed by atoms with Crippen molar-refractivity contribution in [2.75, 3.05) is 20.3 Å². The number of hydrogen-bond acceptors (Lipinski definition) is 3. The lowest BCUT2D eigenvalue weighted by Gasteiger charge is -2.17. The molecule has 1 unspecified atom stereocenters. The second kappa shape index (κ2) is 12.7. The van der Waals surface area contributed by atoms with Gasteiger partial charge in [0, 0.05) is 18.5 Å². The van der Waals surface area contributed by atoms with Crippen LogP contribution in [0.5, 0.6) is 11.5 Å². The Morgan fingerprint density at radius 3 is 2.84 bits per heavy atom. The Balaban J connectivity index is 2.00. The molecular weight excluding hydrogens is 386 g/mol. The van der Waals surface area contributed by atoms with Crippen molar-refractivity contribution < 1.29 is 14.3 Å². The van der Waals surface area contributed by atoms with Crippen LogP contribution in [0.2, 0.25) is 0 Å². The van der Waals surface area contributed by atoms with Gasteiger partial charge in [0.05, 0.1) is 7.11 Å². The van der Waals surface area contributed by atoms with E-state index < -0.39 is 0 Å². The number of ether oxygens (including phenoxy) is 2. The number of methoxy groups -OCH3 is 1. The summed E-state index contributed by atoms with van der Waals surface area (Å²) in [5.74, 6) is 4.62. The van der Waals surface area contributed by atoms with Crippen LogP contribution in [0.1, 0.15) is 52.0 Å². The zero-order valence-electron chi connectivity index (χ0n) is 19.3. The van der Waals surface area contributed by atoms with E-state index in [4.69, 9.17) is 15.9 Å². The zero-order chi connectivity index (χ0) is 22.6. The molecule has 4 heteroatoms. The van der Waals surface area contributed by atoms with Gasteiger partial charge in [0.15, 0.2) is 11.5 Å². The number of amides is 1. The standard InChI is InChI=1S/C27H35NO3/c1-6-20(4)17-27(29)28-16-15-21-13-14-25(26(18-21)30-5)31-19-23(8-3)24-12-10-9-11-22(24)7-2/h3,7,10,12-14,18,20H,6,9,11,15-17,19H2,1-2,4-5H3,(H,28,29)/b22-7-,24-23+. The Hall–Kier alpha value is -2.93. The highest BCUT2D eigenvalue weighted by molar-refractivity contribution is 5.76. The minimum Gasteiger partial charge on any atom is -0.493 e. The van der Waals surface area contributed by atoms with Gasteiger partial charge < -0.3 is 14.8 Å². The van der Waals surface area contributed by atoms with Crippen LogP contribution in [0.25, 0.3) is 0 Å². The summed E-state index contributed by atoms with van der Waals surface area (Å²) in [6.07, 6.45) is 16.5. The molecule has 0 bridgehead atoms. The monoisotopic (exact) mass is 421 g/mol. The van der Waals surface area contributed by atoms with Gasteiger partial charge in [-0.1, -0.05) is 50.5 Å². The first-order chi connectivity index (χ1) is 15.0. The summed E-state index contributed by atoms with van der Waals surface area (Å²) >= 11 is 0. The van der Waals surface area contributed by atoms with Gasteiger partial charge >= 0.3 is 0 Å². The molecule has 1 aromatic rings. The molecule has 1 atom stereocenters. The Bertz CT molecular complexity index is 886. The number of carbonyl (C=O) groups is 1. The molecule has 0 aromatic heterocycles. The predicted molar refractivity (Wildman–Crippen MR) is 127 cm³/mol. The third kappa shape index (κ3) is 7.36. The summed E-state index contributed by atoms with van der Waals surface area (Å²) in [6.45, 7) is 7.15. The zero-order valence-corrected chi connectivity index (χ0v) is 19.3. The minimum absolute atomic E-state index is 0.105. The van der Waals surface area contributed by atoms with E-state index in [-0.39, 0.29) is 5.91 Å². The molecule has 2 rings (SSSR count). The number of carbonyl (C=O) groups excluding carboxylic acids is 1. The quantitative estimate of drug-likeness (QED) is 0.515. The molecule has 0 saturated heterocycles. The highest BCUT2D eigenvalue weighted by atomic mass is 16.5. The highest BCUT2D eigenvalue weighted by Gasteiger charge is 2.13. The number of terminal acetylenes is 1. The van der Waals surface area contributed by atoms with Gasteiger partial charge in [0.2, 0.25) is 5.91 Å². The summed E-state index contributed by atoms with van der Waals surface area (Å²) in [5.41, 5.74) is 4.26. The normalized spacial score (nSPS) is 17.1. The van der Waals surface area contributed by atoms with Crippen LogP contribution in [-0.2, 0) is 11.2 Å². The van der Waals surface area contributed by atoms with Crippen molar-refractivity contribution >= 4 is 5.91 Å². The summed E-state index contributed by atoms with van der Waals surface area (Å²) in [4.78, 5) is 11.9. The molecule has 0 heterocycles. The van der Waals surface area contributed by atoms with Crippen molar-refractivity contribution in [2.24, 2.45) is 5.92 Å². The van der Waals surface area contributed by atoms with E-state index in [1.54, 1.807) is 7.11 Å². The second-order valence-corrected chi connectivity index (χ2v) is 7.88. The van der Waals surface area contributed by atoms with E-state index in [9.17, 15) is 4.79 Å². The number of rotatable bonds is 10. The first kappa shape index (κ1) is 24.3. The van der Waals surface area contributed by atoms with E-state index in [1.165, 1.54) is 5.57 Å². The summed E-state index contributed by atoms with van der Waals surface area (Å²) in [7, 11) is 1.63. The first-order valence-electron chi connectivity index (χ1n) is 11.1. The van der Waals surface area contributed by atoms with Gasteiger partial charge in [0.25, 0.3) is 0 Å². The van der Waals surface area contributed by atoms with Crippen molar-refractivity contribution in [1.82, 2.24) is 5.32 Å². The lowest BCUT2D eigenvalue weighted by atomic mass is 9.91. The molecule has 0 spiro atoms. The molecule has 0 radical (unpaired) electrons. The van der Waals surface area contributed by atoms with Gasteiger partial charge in [-0.05, 0) is 60.9 Å². The predicted octanol–water partition coefficient (Wildman–Crippen LogP) is 5.40. The molecule has 1 N–H and O–H groups in total. The maximum atomic E-state index is 11.9. The molecule has 0 fully saturated rings. The summed E-state index contributed by atoms with van der Waals surface area (Å²) in [6, 6.07) is 5.86. The van der Waals surface area contributed by atoms with Crippen molar-refractivity contribution in [2.45, 2.75) is 52.9 Å². The fourth-order valence-electron chi connectivity index (χ4n) is 3.49. The van der Waals surface area contributed by atoms with Crippen LogP contribution in [0.4, 0.5) is 0 Å². The first-order valence-corrected chi connectivity index (χ1v) is 11.1. The van der Waals surface area contributed by atoms with Gasteiger partial charge in [0.1, 0.15) is 6.61 Å². The van der Waals surface area contributed by atoms with Gasteiger partial charge in [-0.25, -0.2) is 0 Å². The molecular formula is C27H35NO3. The smallest absolute Gasteiger partial charge is 0.220 e. The lowest BCUT2D eigenvalue weighted by molar-refractivity contribution is -0.121. The molecule has 1 aromatic carbocycles. The van der Waals surface area contributed by atoms with Crippen molar-refractivity contribution in [1.29, 1.82) is 0 Å². The maximum Gasteiger partial charge on any atom is 0.220 e. The van der Waals surface area contributed by atoms with Gasteiger partial charge in [-0.15, -0.1) is 6.42 Å². The highest BCUT2D eigenvalue weighted by Crippen LogP contribution is 2.30. The third-order valence-corrected chi connectivity index (χ3v) is 5.63. The average Bonchev–Trinajstić information content (AvgIpc) is 2.80. The minimum atomic E-state index is 0.105. The van der Waals surface area contributed by atoms with E-state index >= 15 is 0 Å². The largest absolute Gasteiger partial charge is 0.493 e.